The molecule has 2 aromatic carbocycles. The highest BCUT2D eigenvalue weighted by atomic mass is 16.5. The molecule has 6 rings (SSSR count). The maximum Gasteiger partial charge on any atom is 0.340 e. The predicted octanol–water partition coefficient (Wildman–Crippen LogP) is 5.56. The lowest BCUT2D eigenvalue weighted by atomic mass is 9.64. The molecule has 172 valence electrons. The summed E-state index contributed by atoms with van der Waals surface area (Å²) in [4.78, 5) is 34.2. The summed E-state index contributed by atoms with van der Waals surface area (Å²) in [6.07, 6.45) is 6.08. The van der Waals surface area contributed by atoms with Crippen LogP contribution in [0, 0.1) is 0 Å². The first-order valence-corrected chi connectivity index (χ1v) is 11.6. The molecule has 2 bridgehead atoms. The van der Waals surface area contributed by atoms with E-state index in [9.17, 15) is 9.59 Å². The van der Waals surface area contributed by atoms with Crippen molar-refractivity contribution < 1.29 is 19.1 Å². The minimum atomic E-state index is -0.453. The lowest BCUT2D eigenvalue weighted by Crippen LogP contribution is -2.35. The van der Waals surface area contributed by atoms with Crippen LogP contribution >= 0.6 is 0 Å². The van der Waals surface area contributed by atoms with Gasteiger partial charge in [0.25, 0.3) is 0 Å². The Labute approximate surface area is 202 Å². The van der Waals surface area contributed by atoms with Crippen LogP contribution in [-0.2, 0) is 9.47 Å². The molecule has 0 radical (unpaired) electrons. The summed E-state index contributed by atoms with van der Waals surface area (Å²) in [5.74, 6) is -0.918. The summed E-state index contributed by atoms with van der Waals surface area (Å²) in [6, 6.07) is 22.8. The Balaban J connectivity index is 1.41. The van der Waals surface area contributed by atoms with Gasteiger partial charge in [-0.1, -0.05) is 48.5 Å². The van der Waals surface area contributed by atoms with Gasteiger partial charge in [0.05, 0.1) is 11.1 Å². The van der Waals surface area contributed by atoms with E-state index in [-0.39, 0.29) is 11.8 Å². The number of ether oxygens (including phenoxy) is 2. The second-order valence-corrected chi connectivity index (χ2v) is 8.84. The Bertz CT molecular complexity index is 1280. The highest BCUT2D eigenvalue weighted by molar-refractivity contribution is 5.90. The normalized spacial score (nSPS) is 21.8. The Morgan fingerprint density at radius 2 is 1.03 bits per heavy atom. The highest BCUT2D eigenvalue weighted by Gasteiger charge is 2.47. The van der Waals surface area contributed by atoms with Crippen LogP contribution < -0.4 is 0 Å². The van der Waals surface area contributed by atoms with Gasteiger partial charge in [-0.05, 0) is 52.9 Å². The van der Waals surface area contributed by atoms with Crippen LogP contribution in [-0.4, -0.2) is 21.9 Å². The van der Waals surface area contributed by atoms with E-state index in [1.54, 1.807) is 36.7 Å². The molecule has 2 aliphatic carbocycles. The van der Waals surface area contributed by atoms with Crippen LogP contribution in [0.15, 0.2) is 97.6 Å². The van der Waals surface area contributed by atoms with Crippen molar-refractivity contribution >= 4 is 11.9 Å². The summed E-state index contributed by atoms with van der Waals surface area (Å²) in [6.45, 7) is 0. The first-order chi connectivity index (χ1) is 17.2. The zero-order chi connectivity index (χ0) is 23.8. The first-order valence-electron chi connectivity index (χ1n) is 11.6. The molecule has 0 saturated heterocycles. The molecule has 0 amide bonds. The molecule has 4 aromatic rings. The largest absolute Gasteiger partial charge is 0.453 e. The van der Waals surface area contributed by atoms with Gasteiger partial charge in [0.15, 0.2) is 0 Å². The predicted molar refractivity (Wildman–Crippen MR) is 128 cm³/mol. The number of pyridine rings is 2. The fourth-order valence-corrected chi connectivity index (χ4v) is 5.37. The summed E-state index contributed by atoms with van der Waals surface area (Å²) in [7, 11) is 0. The lowest BCUT2D eigenvalue weighted by molar-refractivity contribution is -0.00165. The molecule has 0 N–H and O–H groups in total. The van der Waals surface area contributed by atoms with Gasteiger partial charge in [0.2, 0.25) is 0 Å². The smallest absolute Gasteiger partial charge is 0.340 e. The maximum absolute atomic E-state index is 13.0. The average Bonchev–Trinajstić information content (AvgIpc) is 2.93. The maximum atomic E-state index is 13.0. The first kappa shape index (κ1) is 21.2. The van der Waals surface area contributed by atoms with Gasteiger partial charge in [-0.3, -0.25) is 9.97 Å². The number of carbonyl (C=O) groups excluding carboxylic acids is 2. The second-order valence-electron chi connectivity index (χ2n) is 8.84. The van der Waals surface area contributed by atoms with Gasteiger partial charge >= 0.3 is 11.9 Å². The van der Waals surface area contributed by atoms with Crippen molar-refractivity contribution in [3.05, 3.63) is 131 Å². The summed E-state index contributed by atoms with van der Waals surface area (Å²) in [5, 5.41) is 0. The molecule has 6 heteroatoms. The Morgan fingerprint density at radius 3 is 1.43 bits per heavy atom. The number of hydrogen-bond donors (Lipinski definition) is 0. The quantitative estimate of drug-likeness (QED) is 0.370. The second kappa shape index (κ2) is 8.80. The highest BCUT2D eigenvalue weighted by Crippen LogP contribution is 2.58. The molecule has 0 spiro atoms. The zero-order valence-electron chi connectivity index (χ0n) is 18.8. The van der Waals surface area contributed by atoms with Gasteiger partial charge in [-0.25, -0.2) is 9.59 Å². The molecule has 35 heavy (non-hydrogen) atoms. The van der Waals surface area contributed by atoms with Crippen LogP contribution in [0.5, 0.6) is 0 Å². The fraction of sp³-hybridized carbons (Fsp3) is 0.172. The van der Waals surface area contributed by atoms with E-state index in [2.05, 4.69) is 9.97 Å². The van der Waals surface area contributed by atoms with Crippen LogP contribution in [0.25, 0.3) is 0 Å². The van der Waals surface area contributed by atoms with Crippen molar-refractivity contribution in [1.29, 1.82) is 0 Å². The van der Waals surface area contributed by atoms with Crippen molar-refractivity contribution in [2.45, 2.75) is 30.5 Å². The summed E-state index contributed by atoms with van der Waals surface area (Å²) >= 11 is 0. The number of carbonyl (C=O) groups is 2. The SMILES string of the molecule is O=C(O[C@H]1c2ccccc2[C@@H]2C[C@H]1c1ccccc1[C@@H]2OC(=O)c1cccnc1)c1cccnc1. The molecular weight excluding hydrogens is 440 g/mol. The molecule has 2 aliphatic rings. The number of hydrogen-bond acceptors (Lipinski definition) is 6. The molecule has 0 aliphatic heterocycles. The van der Waals surface area contributed by atoms with Gasteiger partial charge in [0, 0.05) is 36.6 Å². The summed E-state index contributed by atoms with van der Waals surface area (Å²) < 4.78 is 12.3. The topological polar surface area (TPSA) is 78.4 Å². The molecule has 0 fully saturated rings. The standard InChI is InChI=1S/C29H22N2O4/c32-28(18-7-5-13-30-16-18)34-26-22-11-3-1-9-20(22)24-15-25(26)21-10-2-4-12-23(21)27(24)35-29(33)19-8-6-14-31-17-19/h1-14,16-17,24-27H,15H2/t24-,25-,26-,27-/m0/s1. The van der Waals surface area contributed by atoms with Crippen LogP contribution in [0.4, 0.5) is 0 Å². The van der Waals surface area contributed by atoms with Crippen LogP contribution in [0.2, 0.25) is 0 Å². The molecule has 0 unspecified atom stereocenters. The monoisotopic (exact) mass is 462 g/mol. The van der Waals surface area contributed by atoms with Crippen molar-refractivity contribution in [3.8, 4) is 0 Å². The van der Waals surface area contributed by atoms with Crippen molar-refractivity contribution in [3.63, 3.8) is 0 Å². The van der Waals surface area contributed by atoms with Gasteiger partial charge in [0.1, 0.15) is 12.2 Å². The molecule has 6 nitrogen and oxygen atoms in total. The lowest BCUT2D eigenvalue weighted by Gasteiger charge is -2.45. The zero-order valence-corrected chi connectivity index (χ0v) is 18.8. The van der Waals surface area contributed by atoms with Gasteiger partial charge < -0.3 is 9.47 Å². The van der Waals surface area contributed by atoms with E-state index < -0.39 is 24.1 Å². The third-order valence-corrected chi connectivity index (χ3v) is 6.91. The van der Waals surface area contributed by atoms with E-state index in [1.165, 1.54) is 12.4 Å². The Hall–Kier alpha value is -4.32. The number of nitrogens with zero attached hydrogens (tertiary/aromatic N) is 2. The number of aromatic nitrogens is 2. The molecule has 2 heterocycles. The van der Waals surface area contributed by atoms with Crippen LogP contribution in [0.3, 0.4) is 0 Å². The number of fused-ring (bicyclic) bond motifs is 6. The van der Waals surface area contributed by atoms with E-state index in [0.717, 1.165) is 22.3 Å². The van der Waals surface area contributed by atoms with Crippen molar-refractivity contribution in [1.82, 2.24) is 9.97 Å². The third-order valence-electron chi connectivity index (χ3n) is 6.91. The van der Waals surface area contributed by atoms with Crippen molar-refractivity contribution in [2.24, 2.45) is 0 Å². The van der Waals surface area contributed by atoms with E-state index in [4.69, 9.17) is 9.47 Å². The number of benzene rings is 2. The fourth-order valence-electron chi connectivity index (χ4n) is 5.37. The summed E-state index contributed by atoms with van der Waals surface area (Å²) in [5.41, 5.74) is 4.79. The molecule has 2 aromatic heterocycles. The van der Waals surface area contributed by atoms with Gasteiger partial charge in [-0.2, -0.15) is 0 Å². The third kappa shape index (κ3) is 3.77. The average molecular weight is 463 g/mol. The van der Waals surface area contributed by atoms with Gasteiger partial charge in [-0.15, -0.1) is 0 Å². The molecule has 4 atom stereocenters. The van der Waals surface area contributed by atoms with E-state index >= 15 is 0 Å². The minimum Gasteiger partial charge on any atom is -0.453 e. The van der Waals surface area contributed by atoms with E-state index in [1.807, 2.05) is 48.5 Å². The van der Waals surface area contributed by atoms with E-state index in [0.29, 0.717) is 17.5 Å². The minimum absolute atomic E-state index is 0.0555. The molecule has 0 saturated carbocycles. The Kier molecular flexibility index (Phi) is 5.34. The number of rotatable bonds is 4. The number of esters is 2. The Morgan fingerprint density at radius 1 is 0.600 bits per heavy atom. The van der Waals surface area contributed by atoms with Crippen molar-refractivity contribution in [2.75, 3.05) is 0 Å². The molecular formula is C29H22N2O4. The van der Waals surface area contributed by atoms with Crippen LogP contribution in [0.1, 0.15) is 73.4 Å².